The average Bonchev–Trinajstić information content (AvgIpc) is 3.19. The maximum atomic E-state index is 12.8. The third-order valence-electron chi connectivity index (χ3n) is 3.82. The largest absolute Gasteiger partial charge is 0.497 e. The molecule has 0 saturated carbocycles. The lowest BCUT2D eigenvalue weighted by Gasteiger charge is -2.18. The quantitative estimate of drug-likeness (QED) is 0.462. The van der Waals surface area contributed by atoms with Gasteiger partial charge in [-0.3, -0.25) is 4.31 Å². The fraction of sp³-hybridized carbons (Fsp3) is 0.105. The molecule has 0 radical (unpaired) electrons. The number of ether oxygens (including phenoxy) is 2. The number of benzene rings is 2. The highest BCUT2D eigenvalue weighted by Crippen LogP contribution is 2.27. The van der Waals surface area contributed by atoms with Crippen molar-refractivity contribution < 1.29 is 22.7 Å². The number of anilines is 1. The zero-order valence-corrected chi connectivity index (χ0v) is 16.3. The summed E-state index contributed by atoms with van der Waals surface area (Å²) in [5.41, 5.74) is 0.482. The van der Waals surface area contributed by atoms with Gasteiger partial charge in [0, 0.05) is 12.4 Å². The maximum Gasteiger partial charge on any atom is 0.353 e. The number of hydrogen-bond acceptors (Lipinski definition) is 6. The van der Waals surface area contributed by atoms with Crippen LogP contribution in [0.25, 0.3) is 0 Å². The molecule has 3 aromatic rings. The van der Waals surface area contributed by atoms with Crippen LogP contribution in [0.15, 0.2) is 70.9 Å². The highest BCUT2D eigenvalue weighted by molar-refractivity contribution is 7.93. The first-order chi connectivity index (χ1) is 12.9. The van der Waals surface area contributed by atoms with Gasteiger partial charge in [-0.15, -0.1) is 11.3 Å². The van der Waals surface area contributed by atoms with Crippen LogP contribution in [-0.2, 0) is 10.0 Å². The van der Waals surface area contributed by atoms with E-state index in [1.54, 1.807) is 48.5 Å². The molecule has 8 heteroatoms. The molecule has 0 fully saturated rings. The number of carbonyl (C=O) groups is 1. The van der Waals surface area contributed by atoms with Crippen LogP contribution in [0.3, 0.4) is 0 Å². The Labute approximate surface area is 161 Å². The molecule has 0 spiro atoms. The van der Waals surface area contributed by atoms with Crippen LogP contribution in [0.5, 0.6) is 11.5 Å². The van der Waals surface area contributed by atoms with E-state index in [0.29, 0.717) is 17.2 Å². The number of esters is 1. The predicted octanol–water partition coefficient (Wildman–Crippen LogP) is 3.80. The molecule has 0 atom stereocenters. The summed E-state index contributed by atoms with van der Waals surface area (Å²) in [6.45, 7) is 0. The van der Waals surface area contributed by atoms with Crippen molar-refractivity contribution in [1.29, 1.82) is 0 Å². The molecule has 2 aromatic carbocycles. The number of hydrogen-bond donors (Lipinski definition) is 0. The Bertz CT molecular complexity index is 1030. The summed E-state index contributed by atoms with van der Waals surface area (Å²) < 4.78 is 37.1. The van der Waals surface area contributed by atoms with Crippen LogP contribution >= 0.6 is 11.3 Å². The molecule has 0 aliphatic carbocycles. The first-order valence-electron chi connectivity index (χ1n) is 7.90. The smallest absolute Gasteiger partial charge is 0.353 e. The van der Waals surface area contributed by atoms with Crippen LogP contribution in [-0.4, -0.2) is 28.5 Å². The second-order valence-corrected chi connectivity index (χ2v) is 8.40. The second-order valence-electron chi connectivity index (χ2n) is 5.52. The Hall–Kier alpha value is -2.84. The Morgan fingerprint density at radius 1 is 1.00 bits per heavy atom. The first kappa shape index (κ1) is 18.9. The summed E-state index contributed by atoms with van der Waals surface area (Å²) >= 11 is 1.02. The normalized spacial score (nSPS) is 11.0. The molecule has 0 bridgehead atoms. The monoisotopic (exact) mass is 403 g/mol. The van der Waals surface area contributed by atoms with Crippen molar-refractivity contribution >= 4 is 33.0 Å². The third-order valence-corrected chi connectivity index (χ3v) is 6.65. The third kappa shape index (κ3) is 4.12. The van der Waals surface area contributed by atoms with Gasteiger partial charge in [0.25, 0.3) is 10.0 Å². The SMILES string of the molecule is COc1ccc(N(C)S(=O)(=O)c2csc(C(=O)Oc3ccccc3)c2)cc1. The van der Waals surface area contributed by atoms with Crippen LogP contribution in [0.1, 0.15) is 9.67 Å². The lowest BCUT2D eigenvalue weighted by atomic mass is 10.3. The van der Waals surface area contributed by atoms with E-state index >= 15 is 0 Å². The Morgan fingerprint density at radius 2 is 1.67 bits per heavy atom. The lowest BCUT2D eigenvalue weighted by Crippen LogP contribution is -2.26. The molecule has 140 valence electrons. The van der Waals surface area contributed by atoms with Gasteiger partial charge in [0.2, 0.25) is 0 Å². The van der Waals surface area contributed by atoms with Crippen LogP contribution < -0.4 is 13.8 Å². The van der Waals surface area contributed by atoms with Gasteiger partial charge in [0.15, 0.2) is 0 Å². The van der Waals surface area contributed by atoms with Crippen molar-refractivity contribution in [3.05, 3.63) is 70.9 Å². The molecule has 3 rings (SSSR count). The summed E-state index contributed by atoms with van der Waals surface area (Å²) in [5, 5.41) is 1.43. The Balaban J connectivity index is 1.80. The molecule has 0 N–H and O–H groups in total. The number of methoxy groups -OCH3 is 1. The van der Waals surface area contributed by atoms with Crippen LogP contribution in [0, 0.1) is 0 Å². The molecule has 1 heterocycles. The van der Waals surface area contributed by atoms with Crippen molar-refractivity contribution in [2.24, 2.45) is 0 Å². The van der Waals surface area contributed by atoms with Crippen LogP contribution in [0.4, 0.5) is 5.69 Å². The summed E-state index contributed by atoms with van der Waals surface area (Å²) in [5.74, 6) is 0.432. The van der Waals surface area contributed by atoms with Gasteiger partial charge in [0.05, 0.1) is 17.7 Å². The molecule has 1 aromatic heterocycles. The van der Waals surface area contributed by atoms with Gasteiger partial charge < -0.3 is 9.47 Å². The number of nitrogens with zero attached hydrogens (tertiary/aromatic N) is 1. The minimum Gasteiger partial charge on any atom is -0.497 e. The predicted molar refractivity (Wildman–Crippen MR) is 104 cm³/mol. The van der Waals surface area contributed by atoms with E-state index in [9.17, 15) is 13.2 Å². The molecule has 0 aliphatic rings. The van der Waals surface area contributed by atoms with Gasteiger partial charge in [-0.05, 0) is 42.5 Å². The number of rotatable bonds is 6. The second kappa shape index (κ2) is 7.81. The van der Waals surface area contributed by atoms with E-state index in [2.05, 4.69) is 0 Å². The van der Waals surface area contributed by atoms with Gasteiger partial charge in [-0.1, -0.05) is 18.2 Å². The minimum atomic E-state index is -3.80. The van der Waals surface area contributed by atoms with Gasteiger partial charge in [-0.25, -0.2) is 13.2 Å². The average molecular weight is 403 g/mol. The molecule has 0 amide bonds. The van der Waals surface area contributed by atoms with Gasteiger partial charge in [0.1, 0.15) is 16.4 Å². The molecular formula is C19H17NO5S2. The standard InChI is InChI=1S/C19H17NO5S2/c1-20(14-8-10-15(24-2)11-9-14)27(22,23)17-12-18(26-13-17)19(21)25-16-6-4-3-5-7-16/h3-13H,1-2H3. The Kier molecular flexibility index (Phi) is 5.48. The fourth-order valence-corrected chi connectivity index (χ4v) is 4.63. The molecule has 0 aliphatic heterocycles. The fourth-order valence-electron chi connectivity index (χ4n) is 2.30. The highest BCUT2D eigenvalue weighted by atomic mass is 32.2. The number of carbonyl (C=O) groups excluding carboxylic acids is 1. The summed E-state index contributed by atoms with van der Waals surface area (Å²) in [4.78, 5) is 12.5. The first-order valence-corrected chi connectivity index (χ1v) is 10.2. The van der Waals surface area contributed by atoms with Crippen molar-refractivity contribution in [2.75, 3.05) is 18.5 Å². The van der Waals surface area contributed by atoms with E-state index in [4.69, 9.17) is 9.47 Å². The van der Waals surface area contributed by atoms with Crippen molar-refractivity contribution in [2.45, 2.75) is 4.90 Å². The molecular weight excluding hydrogens is 386 g/mol. The number of sulfonamides is 1. The topological polar surface area (TPSA) is 72.9 Å². The lowest BCUT2D eigenvalue weighted by molar-refractivity contribution is 0.0739. The van der Waals surface area contributed by atoms with Crippen molar-refractivity contribution in [3.8, 4) is 11.5 Å². The van der Waals surface area contributed by atoms with Crippen molar-refractivity contribution in [1.82, 2.24) is 0 Å². The van der Waals surface area contributed by atoms with E-state index in [1.165, 1.54) is 25.6 Å². The number of para-hydroxylation sites is 1. The van der Waals surface area contributed by atoms with Gasteiger partial charge in [-0.2, -0.15) is 0 Å². The summed E-state index contributed by atoms with van der Waals surface area (Å²) in [6.07, 6.45) is 0. The molecule has 0 saturated heterocycles. The minimum absolute atomic E-state index is 0.0332. The molecule has 0 unspecified atom stereocenters. The zero-order chi connectivity index (χ0) is 19.4. The van der Waals surface area contributed by atoms with Crippen LogP contribution in [0.2, 0.25) is 0 Å². The van der Waals surface area contributed by atoms with E-state index in [-0.39, 0.29) is 9.77 Å². The van der Waals surface area contributed by atoms with Gasteiger partial charge >= 0.3 is 5.97 Å². The van der Waals surface area contributed by atoms with E-state index < -0.39 is 16.0 Å². The molecule has 27 heavy (non-hydrogen) atoms. The number of thiophene rings is 1. The maximum absolute atomic E-state index is 12.8. The molecule has 6 nitrogen and oxygen atoms in total. The van der Waals surface area contributed by atoms with E-state index in [0.717, 1.165) is 15.6 Å². The highest BCUT2D eigenvalue weighted by Gasteiger charge is 2.24. The summed E-state index contributed by atoms with van der Waals surface area (Å²) in [6, 6.07) is 16.6. The summed E-state index contributed by atoms with van der Waals surface area (Å²) in [7, 11) is -0.808. The van der Waals surface area contributed by atoms with Crippen molar-refractivity contribution in [3.63, 3.8) is 0 Å². The Morgan fingerprint density at radius 3 is 2.30 bits per heavy atom. The van der Waals surface area contributed by atoms with E-state index in [1.807, 2.05) is 6.07 Å². The zero-order valence-electron chi connectivity index (χ0n) is 14.7.